The maximum Gasteiger partial charge on any atom is 0.315 e. The van der Waals surface area contributed by atoms with E-state index in [1.54, 1.807) is 6.92 Å². The number of ether oxygens (including phenoxy) is 2. The maximum absolute atomic E-state index is 12.7. The number of aliphatic hydroxyl groups is 2. The van der Waals surface area contributed by atoms with Crippen molar-refractivity contribution in [3.05, 3.63) is 35.9 Å². The molecule has 2 aliphatic rings. The Morgan fingerprint density at radius 2 is 1.74 bits per heavy atom. The van der Waals surface area contributed by atoms with Gasteiger partial charge in [-0.05, 0) is 69.3 Å². The van der Waals surface area contributed by atoms with E-state index in [1.807, 2.05) is 30.3 Å². The Bertz CT molecular complexity index is 949. The van der Waals surface area contributed by atoms with E-state index in [4.69, 9.17) is 9.47 Å². The molecule has 3 amide bonds. The molecule has 0 saturated carbocycles. The SMILES string of the molecule is CC[C@H]1CCC[C@@H](CC)C(=O)NCCC[C@@H](CC)[C@H](O[C@@H]2O[C@@H](C)[C@@H](O)[C@@H](NC(=O)NCCc3ccccc3)[C@H]2O)CC1. The third-order valence-corrected chi connectivity index (χ3v) is 9.56. The number of aliphatic hydroxyl groups excluding tert-OH is 2. The lowest BCUT2D eigenvalue weighted by Crippen LogP contribution is -2.65. The minimum Gasteiger partial charge on any atom is -0.388 e. The van der Waals surface area contributed by atoms with Crippen molar-refractivity contribution >= 4 is 11.9 Å². The van der Waals surface area contributed by atoms with Gasteiger partial charge in [0.05, 0.1) is 18.2 Å². The fourth-order valence-corrected chi connectivity index (χ4v) is 6.57. The van der Waals surface area contributed by atoms with Crippen LogP contribution >= 0.6 is 0 Å². The zero-order valence-electron chi connectivity index (χ0n) is 26.8. The molecular formula is C34H57N3O6. The topological polar surface area (TPSA) is 129 Å². The highest BCUT2D eigenvalue weighted by Gasteiger charge is 2.45. The molecule has 0 radical (unpaired) electrons. The van der Waals surface area contributed by atoms with E-state index >= 15 is 0 Å². The maximum atomic E-state index is 12.7. The van der Waals surface area contributed by atoms with Crippen molar-refractivity contribution < 1.29 is 29.3 Å². The molecular weight excluding hydrogens is 546 g/mol. The Kier molecular flexibility index (Phi) is 15.2. The van der Waals surface area contributed by atoms with Gasteiger partial charge in [-0.3, -0.25) is 4.79 Å². The number of nitrogens with one attached hydrogen (secondary N) is 3. The van der Waals surface area contributed by atoms with Crippen molar-refractivity contribution in [2.24, 2.45) is 17.8 Å². The number of hydrogen-bond acceptors (Lipinski definition) is 6. The second-order valence-electron chi connectivity index (χ2n) is 12.5. The lowest BCUT2D eigenvalue weighted by Gasteiger charge is -2.43. The van der Waals surface area contributed by atoms with Gasteiger partial charge in [-0.2, -0.15) is 0 Å². The molecule has 244 valence electrons. The summed E-state index contributed by atoms with van der Waals surface area (Å²) in [5, 5.41) is 30.9. The molecule has 9 nitrogen and oxygen atoms in total. The Balaban J connectivity index is 1.65. The molecule has 0 spiro atoms. The molecule has 3 rings (SSSR count). The summed E-state index contributed by atoms with van der Waals surface area (Å²) < 4.78 is 12.6. The molecule has 2 heterocycles. The summed E-state index contributed by atoms with van der Waals surface area (Å²) in [5.41, 5.74) is 1.11. The lowest BCUT2D eigenvalue weighted by molar-refractivity contribution is -0.288. The summed E-state index contributed by atoms with van der Waals surface area (Å²) in [5.74, 6) is 1.03. The van der Waals surface area contributed by atoms with E-state index in [-0.39, 0.29) is 23.8 Å². The average molecular weight is 604 g/mol. The van der Waals surface area contributed by atoms with Gasteiger partial charge in [0.25, 0.3) is 0 Å². The van der Waals surface area contributed by atoms with Gasteiger partial charge in [-0.1, -0.05) is 76.8 Å². The summed E-state index contributed by atoms with van der Waals surface area (Å²) in [6.07, 6.45) is 6.10. The van der Waals surface area contributed by atoms with Crippen LogP contribution in [0.1, 0.15) is 97.5 Å². The van der Waals surface area contributed by atoms with Crippen LogP contribution < -0.4 is 16.0 Å². The van der Waals surface area contributed by atoms with Crippen LogP contribution in [0.15, 0.2) is 30.3 Å². The van der Waals surface area contributed by atoms with Crippen molar-refractivity contribution in [1.82, 2.24) is 16.0 Å². The molecule has 43 heavy (non-hydrogen) atoms. The van der Waals surface area contributed by atoms with Crippen LogP contribution in [0.25, 0.3) is 0 Å². The van der Waals surface area contributed by atoms with E-state index in [1.165, 1.54) is 0 Å². The zero-order chi connectivity index (χ0) is 31.2. The summed E-state index contributed by atoms with van der Waals surface area (Å²) in [6, 6.07) is 8.50. The third kappa shape index (κ3) is 11.0. The molecule has 0 aliphatic carbocycles. The van der Waals surface area contributed by atoms with Gasteiger partial charge in [0.1, 0.15) is 12.2 Å². The number of amides is 3. The van der Waals surface area contributed by atoms with Crippen LogP contribution in [0.4, 0.5) is 4.79 Å². The fourth-order valence-electron chi connectivity index (χ4n) is 6.57. The Morgan fingerprint density at radius 3 is 2.44 bits per heavy atom. The summed E-state index contributed by atoms with van der Waals surface area (Å²) in [6.45, 7) is 9.29. The standard InChI is InChI=1S/C34H57N3O6/c1-5-24-15-11-16-27(7-3)32(40)35-21-12-17-26(6-2)28(19-18-24)43-33-31(39)29(30(38)23(4)42-33)37-34(41)36-22-20-25-13-9-8-10-14-25/h8-10,13-14,23-24,26-31,33,38-39H,5-7,11-12,15-22H2,1-4H3,(H,35,40)(H2,36,37,41)/t23-,24-,26+,27+,28+,29+,30+,31+,33-/m0/s1. The van der Waals surface area contributed by atoms with E-state index in [0.29, 0.717) is 25.4 Å². The molecule has 0 unspecified atom stereocenters. The first kappa shape index (κ1) is 35.3. The first-order valence-corrected chi connectivity index (χ1v) is 16.8. The van der Waals surface area contributed by atoms with Crippen molar-refractivity contribution in [2.75, 3.05) is 13.1 Å². The van der Waals surface area contributed by atoms with Gasteiger partial charge in [-0.25, -0.2) is 4.79 Å². The van der Waals surface area contributed by atoms with Crippen LogP contribution in [0, 0.1) is 17.8 Å². The van der Waals surface area contributed by atoms with Crippen LogP contribution in [-0.4, -0.2) is 72.0 Å². The fraction of sp³-hybridized carbons (Fsp3) is 0.765. The number of carbonyl (C=O) groups is 2. The highest BCUT2D eigenvalue weighted by Crippen LogP contribution is 2.31. The molecule has 1 aromatic carbocycles. The highest BCUT2D eigenvalue weighted by molar-refractivity contribution is 5.78. The molecule has 9 heteroatoms. The van der Waals surface area contributed by atoms with Crippen LogP contribution in [0.5, 0.6) is 0 Å². The van der Waals surface area contributed by atoms with Crippen molar-refractivity contribution in [2.45, 2.75) is 135 Å². The molecule has 0 bridgehead atoms. The van der Waals surface area contributed by atoms with Crippen molar-refractivity contribution in [3.63, 3.8) is 0 Å². The van der Waals surface area contributed by atoms with E-state index in [2.05, 4.69) is 36.7 Å². The van der Waals surface area contributed by atoms with Crippen LogP contribution in [0.3, 0.4) is 0 Å². The predicted octanol–water partition coefficient (Wildman–Crippen LogP) is 4.69. The molecule has 2 fully saturated rings. The molecule has 1 aromatic rings. The van der Waals surface area contributed by atoms with Gasteiger partial charge in [0.2, 0.25) is 5.91 Å². The highest BCUT2D eigenvalue weighted by atomic mass is 16.7. The Morgan fingerprint density at radius 1 is 0.977 bits per heavy atom. The van der Waals surface area contributed by atoms with Crippen LogP contribution in [0.2, 0.25) is 0 Å². The van der Waals surface area contributed by atoms with Gasteiger partial charge < -0.3 is 35.6 Å². The molecule has 2 saturated heterocycles. The minimum atomic E-state index is -1.23. The monoisotopic (exact) mass is 603 g/mol. The normalized spacial score (nSPS) is 33.2. The van der Waals surface area contributed by atoms with Gasteiger partial charge >= 0.3 is 6.03 Å². The number of rotatable bonds is 9. The number of benzene rings is 1. The van der Waals surface area contributed by atoms with E-state index < -0.39 is 36.7 Å². The van der Waals surface area contributed by atoms with E-state index in [9.17, 15) is 19.8 Å². The summed E-state index contributed by atoms with van der Waals surface area (Å²) in [7, 11) is 0. The third-order valence-electron chi connectivity index (χ3n) is 9.56. The zero-order valence-corrected chi connectivity index (χ0v) is 26.8. The Labute approximate surface area is 258 Å². The first-order chi connectivity index (χ1) is 20.8. The molecule has 2 aliphatic heterocycles. The quantitative estimate of drug-likeness (QED) is 0.279. The Hall–Kier alpha value is -2.20. The second-order valence-corrected chi connectivity index (χ2v) is 12.5. The van der Waals surface area contributed by atoms with Gasteiger partial charge in [-0.15, -0.1) is 0 Å². The first-order valence-electron chi connectivity index (χ1n) is 16.8. The van der Waals surface area contributed by atoms with E-state index in [0.717, 1.165) is 69.8 Å². The number of urea groups is 1. The molecule has 9 atom stereocenters. The van der Waals surface area contributed by atoms with Crippen molar-refractivity contribution in [1.29, 1.82) is 0 Å². The second kappa shape index (κ2) is 18.6. The summed E-state index contributed by atoms with van der Waals surface area (Å²) >= 11 is 0. The lowest BCUT2D eigenvalue weighted by atomic mass is 9.85. The number of hydrogen-bond donors (Lipinski definition) is 5. The molecule has 0 aromatic heterocycles. The average Bonchev–Trinajstić information content (AvgIpc) is 3.01. The largest absolute Gasteiger partial charge is 0.388 e. The van der Waals surface area contributed by atoms with Crippen molar-refractivity contribution in [3.8, 4) is 0 Å². The van der Waals surface area contributed by atoms with Gasteiger partial charge in [0, 0.05) is 19.0 Å². The van der Waals surface area contributed by atoms with Crippen LogP contribution in [-0.2, 0) is 20.7 Å². The smallest absolute Gasteiger partial charge is 0.315 e. The van der Waals surface area contributed by atoms with Gasteiger partial charge in [0.15, 0.2) is 6.29 Å². The number of carbonyl (C=O) groups excluding carboxylic acids is 2. The summed E-state index contributed by atoms with van der Waals surface area (Å²) in [4.78, 5) is 25.5. The minimum absolute atomic E-state index is 0.0910. The molecule has 5 N–H and O–H groups in total. The predicted molar refractivity (Wildman–Crippen MR) is 168 cm³/mol.